The molecule has 0 spiro atoms. The van der Waals surface area contributed by atoms with Gasteiger partial charge in [-0.3, -0.25) is 10.1 Å². The van der Waals surface area contributed by atoms with Crippen LogP contribution in [0.2, 0.25) is 0 Å². The van der Waals surface area contributed by atoms with Crippen LogP contribution in [0.1, 0.15) is 27.8 Å². The van der Waals surface area contributed by atoms with E-state index in [1.165, 1.54) is 5.56 Å². The topological polar surface area (TPSA) is 103 Å². The van der Waals surface area contributed by atoms with Gasteiger partial charge in [-0.2, -0.15) is 5.90 Å². The summed E-state index contributed by atoms with van der Waals surface area (Å²) in [5.74, 6) is 6.55. The smallest absolute Gasteiger partial charge is 0.285 e. The lowest BCUT2D eigenvalue weighted by atomic mass is 9.96. The molecule has 0 aromatic heterocycles. The molecule has 0 saturated heterocycles. The maximum atomic E-state index is 12.8. The van der Waals surface area contributed by atoms with E-state index in [4.69, 9.17) is 20.5 Å². The lowest BCUT2D eigenvalue weighted by Gasteiger charge is -2.25. The molecule has 9 rings (SSSR count). The highest BCUT2D eigenvalue weighted by atomic mass is 17.3. The summed E-state index contributed by atoms with van der Waals surface area (Å²) in [6.07, 6.45) is 7.88. The van der Waals surface area contributed by atoms with Crippen LogP contribution in [-0.2, 0) is 4.99 Å². The van der Waals surface area contributed by atoms with Gasteiger partial charge in [0.05, 0.1) is 22.8 Å². The van der Waals surface area contributed by atoms with Crippen molar-refractivity contribution < 1.29 is 19.5 Å². The Hall–Kier alpha value is -8.50. The number of non-ortho nitro benzene ring substituents is 1. The average Bonchev–Trinajstić information content (AvgIpc) is 3.35. The number of ether oxygens (including phenoxy) is 1. The molecule has 9 aromatic rings. The fourth-order valence-electron chi connectivity index (χ4n) is 8.07. The predicted molar refractivity (Wildman–Crippen MR) is 265 cm³/mol. The predicted octanol–water partition coefficient (Wildman–Crippen LogP) is 14.7. The molecule has 0 unspecified atom stereocenters. The first-order chi connectivity index (χ1) is 31.9. The largest absolute Gasteiger partial charge is 0.497 e. The second-order valence-electron chi connectivity index (χ2n) is 15.4. The zero-order valence-electron chi connectivity index (χ0n) is 35.7. The third-order valence-electron chi connectivity index (χ3n) is 11.3. The third kappa shape index (κ3) is 9.05. The summed E-state index contributed by atoms with van der Waals surface area (Å²) in [5, 5.41) is 14.6. The van der Waals surface area contributed by atoms with E-state index in [0.717, 1.165) is 62.1 Å². The van der Waals surface area contributed by atoms with Gasteiger partial charge >= 0.3 is 0 Å². The maximum absolute atomic E-state index is 12.8. The molecular weight excluding hydrogens is 809 g/mol. The number of rotatable bonds is 14. The summed E-state index contributed by atoms with van der Waals surface area (Å²) >= 11 is 0. The molecule has 9 nitrogen and oxygen atoms in total. The fourth-order valence-corrected chi connectivity index (χ4v) is 8.07. The number of benzene rings is 9. The van der Waals surface area contributed by atoms with Crippen LogP contribution in [0, 0.1) is 17.0 Å². The van der Waals surface area contributed by atoms with E-state index in [0.29, 0.717) is 21.5 Å². The molecular formula is C56H44N4O5. The minimum absolute atomic E-state index is 0.0406. The SMILES string of the molecule is COc1ccc(N(c2ccccc2)c2ccc(/C=C\c3ccc4c(OON)c5cc(/C=C\c6ccc(N(c7ccccc7)c7ccc(C)cc7)cc6)ccc5c([N+](=O)[O-])c4c3)cc2)cc1. The molecule has 2 N–H and O–H groups in total. The van der Waals surface area contributed by atoms with Gasteiger partial charge < -0.3 is 19.4 Å². The first-order valence-corrected chi connectivity index (χ1v) is 21.1. The number of nitro benzene ring substituents is 1. The number of methoxy groups -OCH3 is 1. The van der Waals surface area contributed by atoms with Gasteiger partial charge in [0.15, 0.2) is 5.75 Å². The molecule has 0 radical (unpaired) electrons. The van der Waals surface area contributed by atoms with Crippen LogP contribution >= 0.6 is 0 Å². The number of nitrogens with zero attached hydrogens (tertiary/aromatic N) is 3. The maximum Gasteiger partial charge on any atom is 0.285 e. The first-order valence-electron chi connectivity index (χ1n) is 21.1. The van der Waals surface area contributed by atoms with Gasteiger partial charge in [0.1, 0.15) is 5.75 Å². The molecule has 0 fully saturated rings. The van der Waals surface area contributed by atoms with Gasteiger partial charge in [0, 0.05) is 44.9 Å². The van der Waals surface area contributed by atoms with Crippen LogP contribution in [0.4, 0.5) is 39.8 Å². The third-order valence-corrected chi connectivity index (χ3v) is 11.3. The highest BCUT2D eigenvalue weighted by Crippen LogP contribution is 2.44. The molecule has 9 aromatic carbocycles. The lowest BCUT2D eigenvalue weighted by molar-refractivity contribution is -0.381. The quantitative estimate of drug-likeness (QED) is 0.0379. The highest BCUT2D eigenvalue weighted by molar-refractivity contribution is 6.14. The van der Waals surface area contributed by atoms with Gasteiger partial charge in [-0.05, 0) is 138 Å². The molecule has 318 valence electrons. The monoisotopic (exact) mass is 852 g/mol. The summed E-state index contributed by atoms with van der Waals surface area (Å²) in [6.45, 7) is 2.08. The number of fused-ring (bicyclic) bond motifs is 2. The van der Waals surface area contributed by atoms with Crippen LogP contribution in [0.15, 0.2) is 194 Å². The lowest BCUT2D eigenvalue weighted by Crippen LogP contribution is -2.09. The molecule has 0 atom stereocenters. The number of para-hydroxylation sites is 2. The number of anilines is 6. The van der Waals surface area contributed by atoms with Crippen molar-refractivity contribution in [2.75, 3.05) is 16.9 Å². The number of aryl methyl sites for hydroxylation is 1. The van der Waals surface area contributed by atoms with Crippen LogP contribution in [0.25, 0.3) is 45.8 Å². The molecule has 0 aliphatic rings. The van der Waals surface area contributed by atoms with Crippen LogP contribution in [0.5, 0.6) is 11.5 Å². The Labute approximate surface area is 377 Å². The zero-order chi connectivity index (χ0) is 44.7. The van der Waals surface area contributed by atoms with E-state index in [1.807, 2.05) is 115 Å². The number of nitro groups is 1. The molecule has 0 amide bonds. The Morgan fingerprint density at radius 1 is 0.477 bits per heavy atom. The van der Waals surface area contributed by atoms with Gasteiger partial charge in [0.2, 0.25) is 0 Å². The van der Waals surface area contributed by atoms with E-state index < -0.39 is 0 Å². The van der Waals surface area contributed by atoms with Crippen molar-refractivity contribution in [2.45, 2.75) is 6.92 Å². The minimum atomic E-state index is -0.350. The number of hydrogen-bond donors (Lipinski definition) is 1. The molecule has 0 bridgehead atoms. The second kappa shape index (κ2) is 18.9. The molecule has 0 heterocycles. The Morgan fingerprint density at radius 2 is 0.877 bits per heavy atom. The molecule has 65 heavy (non-hydrogen) atoms. The van der Waals surface area contributed by atoms with Crippen molar-refractivity contribution in [3.63, 3.8) is 0 Å². The number of hydrogen-bond acceptors (Lipinski definition) is 8. The van der Waals surface area contributed by atoms with Crippen LogP contribution in [0.3, 0.4) is 0 Å². The first kappa shape index (κ1) is 41.8. The van der Waals surface area contributed by atoms with Crippen LogP contribution in [-0.4, -0.2) is 12.0 Å². The summed E-state index contributed by atoms with van der Waals surface area (Å²) < 4.78 is 5.39. The Balaban J connectivity index is 0.993. The van der Waals surface area contributed by atoms with Gasteiger partial charge in [0.25, 0.3) is 5.69 Å². The van der Waals surface area contributed by atoms with E-state index in [2.05, 4.69) is 102 Å². The van der Waals surface area contributed by atoms with Crippen molar-refractivity contribution in [3.05, 3.63) is 232 Å². The minimum Gasteiger partial charge on any atom is -0.497 e. The molecule has 0 saturated carbocycles. The van der Waals surface area contributed by atoms with Gasteiger partial charge in [-0.25, -0.2) is 0 Å². The fraction of sp³-hybridized carbons (Fsp3) is 0.0357. The van der Waals surface area contributed by atoms with Gasteiger partial charge in [-0.15, -0.1) is 0 Å². The summed E-state index contributed by atoms with van der Waals surface area (Å²) in [7, 11) is 1.66. The van der Waals surface area contributed by atoms with E-state index in [-0.39, 0.29) is 16.4 Å². The van der Waals surface area contributed by atoms with E-state index >= 15 is 0 Å². The summed E-state index contributed by atoms with van der Waals surface area (Å²) in [5.41, 5.74) is 10.8. The zero-order valence-corrected chi connectivity index (χ0v) is 35.7. The summed E-state index contributed by atoms with van der Waals surface area (Å²) in [4.78, 5) is 27.2. The highest BCUT2D eigenvalue weighted by Gasteiger charge is 2.24. The van der Waals surface area contributed by atoms with Crippen molar-refractivity contribution in [1.82, 2.24) is 0 Å². The number of nitrogens with two attached hydrogens (primary N) is 1. The Morgan fingerprint density at radius 3 is 1.34 bits per heavy atom. The van der Waals surface area contributed by atoms with Crippen molar-refractivity contribution in [1.29, 1.82) is 0 Å². The van der Waals surface area contributed by atoms with E-state index in [9.17, 15) is 10.1 Å². The van der Waals surface area contributed by atoms with Crippen molar-refractivity contribution >= 4 is 85.7 Å². The Bertz CT molecular complexity index is 3160. The molecule has 0 aliphatic carbocycles. The van der Waals surface area contributed by atoms with Crippen LogP contribution < -0.4 is 25.3 Å². The van der Waals surface area contributed by atoms with E-state index in [1.54, 1.807) is 25.3 Å². The molecule has 0 aliphatic heterocycles. The second-order valence-corrected chi connectivity index (χ2v) is 15.4. The molecule has 9 heteroatoms. The standard InChI is InChI=1S/C56H44N4O5/c1-39-13-25-46(26-14-39)58(44-9-5-3-6-10-44)47-27-19-41(20-28-47)16-18-43-23-35-51-54(38-43)56(64-65-57)52-36-24-42(37-53(52)55(51)60(61)62)17-15-40-21-29-48(30-22-40)59(45-11-7-4-8-12-45)49-31-33-50(63-2)34-32-49/h3-38H,57H2,1-2H3/b17-15-,18-16-. The van der Waals surface area contributed by atoms with Crippen molar-refractivity contribution in [2.24, 2.45) is 5.90 Å². The Kier molecular flexibility index (Phi) is 12.1. The van der Waals surface area contributed by atoms with Gasteiger partial charge in [-0.1, -0.05) is 120 Å². The average molecular weight is 853 g/mol. The van der Waals surface area contributed by atoms with Crippen molar-refractivity contribution in [3.8, 4) is 11.5 Å². The summed E-state index contributed by atoms with van der Waals surface area (Å²) in [6, 6.07) is 64.3. The normalized spacial score (nSPS) is 11.4.